The summed E-state index contributed by atoms with van der Waals surface area (Å²) in [6, 6.07) is 3.74. The van der Waals surface area contributed by atoms with E-state index in [0.29, 0.717) is 5.56 Å². The van der Waals surface area contributed by atoms with Crippen LogP contribution in [0, 0.1) is 23.7 Å². The van der Waals surface area contributed by atoms with Crippen LogP contribution in [0.2, 0.25) is 0 Å². The summed E-state index contributed by atoms with van der Waals surface area (Å²) in [5.74, 6) is 5.99. The largest absolute Gasteiger partial charge is 0.416 e. The standard InChI is InChI=1S/C16H23F3N2/c1-9-8-10(16(17,18)19)6-7-11(9)12(21-20)13-14(2,3)15(13,4)5/h6-8,12-13,21H,20H2,1-5H3. The minimum atomic E-state index is -4.31. The molecule has 2 nitrogen and oxygen atoms in total. The van der Waals surface area contributed by atoms with Crippen molar-refractivity contribution in [3.63, 3.8) is 0 Å². The number of aryl methyl sites for hydroxylation is 1. The number of halogens is 3. The van der Waals surface area contributed by atoms with Gasteiger partial charge < -0.3 is 0 Å². The van der Waals surface area contributed by atoms with Crippen molar-refractivity contribution >= 4 is 0 Å². The zero-order valence-electron chi connectivity index (χ0n) is 13.1. The van der Waals surface area contributed by atoms with Crippen molar-refractivity contribution in [2.45, 2.75) is 46.8 Å². The maximum absolute atomic E-state index is 12.8. The van der Waals surface area contributed by atoms with Gasteiger partial charge in [-0.25, -0.2) is 0 Å². The normalized spacial score (nSPS) is 22.1. The Morgan fingerprint density at radius 2 is 1.67 bits per heavy atom. The molecule has 1 aromatic carbocycles. The van der Waals surface area contributed by atoms with Gasteiger partial charge in [0, 0.05) is 0 Å². The van der Waals surface area contributed by atoms with Gasteiger partial charge in [-0.3, -0.25) is 11.3 Å². The molecule has 0 bridgehead atoms. The van der Waals surface area contributed by atoms with Crippen molar-refractivity contribution in [1.82, 2.24) is 5.43 Å². The van der Waals surface area contributed by atoms with E-state index in [1.165, 1.54) is 6.07 Å². The maximum atomic E-state index is 12.8. The Labute approximate surface area is 123 Å². The van der Waals surface area contributed by atoms with Gasteiger partial charge in [0.1, 0.15) is 0 Å². The Morgan fingerprint density at radius 1 is 1.14 bits per heavy atom. The average molecular weight is 300 g/mol. The van der Waals surface area contributed by atoms with Crippen molar-refractivity contribution in [2.75, 3.05) is 0 Å². The summed E-state index contributed by atoms with van der Waals surface area (Å²) in [5.41, 5.74) is 3.84. The fourth-order valence-corrected chi connectivity index (χ4v) is 3.65. The van der Waals surface area contributed by atoms with E-state index in [0.717, 1.165) is 11.6 Å². The highest BCUT2D eigenvalue weighted by Gasteiger charge is 2.67. The summed E-state index contributed by atoms with van der Waals surface area (Å²) in [4.78, 5) is 0. The van der Waals surface area contributed by atoms with Crippen molar-refractivity contribution in [1.29, 1.82) is 0 Å². The van der Waals surface area contributed by atoms with Gasteiger partial charge in [0.05, 0.1) is 11.6 Å². The van der Waals surface area contributed by atoms with Crippen molar-refractivity contribution in [3.05, 3.63) is 34.9 Å². The number of hydrogen-bond donors (Lipinski definition) is 2. The molecule has 0 radical (unpaired) electrons. The van der Waals surface area contributed by atoms with Crippen LogP contribution in [0.25, 0.3) is 0 Å². The number of hydrogen-bond acceptors (Lipinski definition) is 2. The first-order chi connectivity index (χ1) is 9.44. The van der Waals surface area contributed by atoms with Crippen LogP contribution in [-0.2, 0) is 6.18 Å². The molecule has 0 aliphatic heterocycles. The Bertz CT molecular complexity index is 533. The SMILES string of the molecule is Cc1cc(C(F)(F)F)ccc1C(NN)C1C(C)(C)C1(C)C. The lowest BCUT2D eigenvalue weighted by Gasteiger charge is -2.22. The molecular weight excluding hydrogens is 277 g/mol. The summed E-state index contributed by atoms with van der Waals surface area (Å²) >= 11 is 0. The second kappa shape index (κ2) is 4.71. The van der Waals surface area contributed by atoms with E-state index in [1.807, 2.05) is 0 Å². The van der Waals surface area contributed by atoms with Gasteiger partial charge in [-0.1, -0.05) is 33.8 Å². The number of hydrazine groups is 1. The lowest BCUT2D eigenvalue weighted by atomic mass is 9.92. The lowest BCUT2D eigenvalue weighted by molar-refractivity contribution is -0.137. The Morgan fingerprint density at radius 3 is 2.00 bits per heavy atom. The third kappa shape index (κ3) is 2.46. The molecule has 1 fully saturated rings. The number of rotatable bonds is 3. The zero-order chi connectivity index (χ0) is 16.2. The third-order valence-electron chi connectivity index (χ3n) is 5.58. The van der Waals surface area contributed by atoms with Crippen LogP contribution in [-0.4, -0.2) is 0 Å². The topological polar surface area (TPSA) is 38.0 Å². The Kier molecular flexibility index (Phi) is 3.66. The lowest BCUT2D eigenvalue weighted by Crippen LogP contribution is -2.32. The monoisotopic (exact) mass is 300 g/mol. The average Bonchev–Trinajstić information content (AvgIpc) is 2.73. The molecule has 5 heteroatoms. The quantitative estimate of drug-likeness (QED) is 0.648. The molecule has 3 N–H and O–H groups in total. The molecule has 0 saturated heterocycles. The van der Waals surface area contributed by atoms with Crippen molar-refractivity contribution in [2.24, 2.45) is 22.6 Å². The molecule has 0 aromatic heterocycles. The minimum Gasteiger partial charge on any atom is -0.271 e. The summed E-state index contributed by atoms with van der Waals surface area (Å²) in [6.45, 7) is 10.4. The fourth-order valence-electron chi connectivity index (χ4n) is 3.65. The number of nitrogens with one attached hydrogen (secondary N) is 1. The van der Waals surface area contributed by atoms with Gasteiger partial charge in [0.15, 0.2) is 0 Å². The van der Waals surface area contributed by atoms with Gasteiger partial charge in [-0.2, -0.15) is 13.2 Å². The number of nitrogens with two attached hydrogens (primary N) is 1. The van der Waals surface area contributed by atoms with E-state index >= 15 is 0 Å². The molecule has 1 aliphatic rings. The van der Waals surface area contributed by atoms with E-state index in [2.05, 4.69) is 33.1 Å². The summed E-state index contributed by atoms with van der Waals surface area (Å²) in [5, 5.41) is 0. The van der Waals surface area contributed by atoms with Crippen LogP contribution < -0.4 is 11.3 Å². The molecule has 1 saturated carbocycles. The van der Waals surface area contributed by atoms with Crippen LogP contribution in [0.1, 0.15) is 50.4 Å². The van der Waals surface area contributed by atoms with Crippen LogP contribution in [0.4, 0.5) is 13.2 Å². The van der Waals surface area contributed by atoms with Gasteiger partial charge in [-0.05, 0) is 46.9 Å². The van der Waals surface area contributed by atoms with Crippen LogP contribution >= 0.6 is 0 Å². The Balaban J connectivity index is 2.38. The van der Waals surface area contributed by atoms with Crippen molar-refractivity contribution < 1.29 is 13.2 Å². The van der Waals surface area contributed by atoms with Crippen LogP contribution in [0.5, 0.6) is 0 Å². The first kappa shape index (κ1) is 16.3. The summed E-state index contributed by atoms with van der Waals surface area (Å²) in [7, 11) is 0. The van der Waals surface area contributed by atoms with Gasteiger partial charge >= 0.3 is 6.18 Å². The molecule has 0 heterocycles. The first-order valence-corrected chi connectivity index (χ1v) is 7.08. The maximum Gasteiger partial charge on any atom is 0.416 e. The molecule has 0 amide bonds. The predicted molar refractivity (Wildman–Crippen MR) is 77.3 cm³/mol. The van der Waals surface area contributed by atoms with Gasteiger partial charge in [-0.15, -0.1) is 0 Å². The number of benzene rings is 1. The van der Waals surface area contributed by atoms with Gasteiger partial charge in [0.2, 0.25) is 0 Å². The summed E-state index contributed by atoms with van der Waals surface area (Å²) < 4.78 is 38.3. The minimum absolute atomic E-state index is 0.0964. The molecule has 21 heavy (non-hydrogen) atoms. The highest BCUT2D eigenvalue weighted by molar-refractivity contribution is 5.37. The highest BCUT2D eigenvalue weighted by atomic mass is 19.4. The molecule has 1 unspecified atom stereocenters. The van der Waals surface area contributed by atoms with E-state index in [1.54, 1.807) is 13.0 Å². The molecule has 1 atom stereocenters. The van der Waals surface area contributed by atoms with E-state index in [-0.39, 0.29) is 22.8 Å². The van der Waals surface area contributed by atoms with Crippen LogP contribution in [0.3, 0.4) is 0 Å². The highest BCUT2D eigenvalue weighted by Crippen LogP contribution is 2.72. The van der Waals surface area contributed by atoms with Crippen LogP contribution in [0.15, 0.2) is 18.2 Å². The third-order valence-corrected chi connectivity index (χ3v) is 5.58. The molecule has 2 rings (SSSR count). The second-order valence-corrected chi connectivity index (χ2v) is 7.13. The zero-order valence-corrected chi connectivity index (χ0v) is 13.1. The predicted octanol–water partition coefficient (Wildman–Crippen LogP) is 4.20. The molecule has 0 spiro atoms. The Hall–Kier alpha value is -1.07. The molecule has 1 aromatic rings. The fraction of sp³-hybridized carbons (Fsp3) is 0.625. The van der Waals surface area contributed by atoms with Crippen molar-refractivity contribution in [3.8, 4) is 0 Å². The number of alkyl halides is 3. The molecular formula is C16H23F3N2. The smallest absolute Gasteiger partial charge is 0.271 e. The van der Waals surface area contributed by atoms with E-state index in [4.69, 9.17) is 5.84 Å². The van der Waals surface area contributed by atoms with E-state index < -0.39 is 11.7 Å². The first-order valence-electron chi connectivity index (χ1n) is 7.08. The summed E-state index contributed by atoms with van der Waals surface area (Å²) in [6.07, 6.45) is -4.31. The molecule has 118 valence electrons. The van der Waals surface area contributed by atoms with Gasteiger partial charge in [0.25, 0.3) is 0 Å². The van der Waals surface area contributed by atoms with E-state index in [9.17, 15) is 13.2 Å². The second-order valence-electron chi connectivity index (χ2n) is 7.13. The molecule has 1 aliphatic carbocycles.